The van der Waals surface area contributed by atoms with Crippen molar-refractivity contribution < 1.29 is 17.7 Å². The minimum absolute atomic E-state index is 0.126. The zero-order valence-electron chi connectivity index (χ0n) is 15.1. The molecule has 0 spiro atoms. The number of fused-ring (bicyclic) bond motifs is 1. The first-order chi connectivity index (χ1) is 13.9. The molecule has 0 amide bonds. The van der Waals surface area contributed by atoms with E-state index in [-0.39, 0.29) is 23.7 Å². The van der Waals surface area contributed by atoms with Gasteiger partial charge in [0.15, 0.2) is 0 Å². The fourth-order valence-electron chi connectivity index (χ4n) is 3.34. The van der Waals surface area contributed by atoms with Crippen LogP contribution >= 0.6 is 0 Å². The Hall–Kier alpha value is -3.18. The van der Waals surface area contributed by atoms with Crippen LogP contribution in [0.15, 0.2) is 53.7 Å². The van der Waals surface area contributed by atoms with Gasteiger partial charge in [0.2, 0.25) is 10.0 Å². The number of nitro groups is 1. The van der Waals surface area contributed by atoms with Crippen LogP contribution in [0.4, 0.5) is 15.9 Å². The Bertz CT molecular complexity index is 1190. The lowest BCUT2D eigenvalue weighted by Crippen LogP contribution is -2.49. The van der Waals surface area contributed by atoms with Gasteiger partial charge in [-0.05, 0) is 18.2 Å². The third-order valence-electron chi connectivity index (χ3n) is 4.80. The van der Waals surface area contributed by atoms with E-state index in [1.54, 1.807) is 12.1 Å². The number of nitro benzene ring substituents is 1. The van der Waals surface area contributed by atoms with E-state index < -0.39 is 20.8 Å². The number of aromatic nitrogens is 2. The fourth-order valence-corrected chi connectivity index (χ4v) is 4.80. The number of rotatable bonds is 4. The zero-order valence-corrected chi connectivity index (χ0v) is 15.9. The summed E-state index contributed by atoms with van der Waals surface area (Å²) in [6.07, 6.45) is 1.35. The molecule has 9 nitrogen and oxygen atoms in total. The summed E-state index contributed by atoms with van der Waals surface area (Å²) in [6, 6.07) is 9.56. The van der Waals surface area contributed by atoms with Crippen LogP contribution in [0.3, 0.4) is 0 Å². The van der Waals surface area contributed by atoms with Crippen LogP contribution in [0.25, 0.3) is 10.9 Å². The van der Waals surface area contributed by atoms with E-state index in [0.717, 1.165) is 6.07 Å². The molecule has 0 saturated carbocycles. The molecule has 29 heavy (non-hydrogen) atoms. The maximum absolute atomic E-state index is 14.3. The number of anilines is 1. The highest BCUT2D eigenvalue weighted by Crippen LogP contribution is 2.28. The highest BCUT2D eigenvalue weighted by atomic mass is 32.2. The number of halogens is 1. The summed E-state index contributed by atoms with van der Waals surface area (Å²) in [7, 11) is -3.88. The molecular weight excluding hydrogens is 401 g/mol. The van der Waals surface area contributed by atoms with E-state index >= 15 is 0 Å². The molecule has 11 heteroatoms. The number of non-ortho nitro benzene ring substituents is 1. The van der Waals surface area contributed by atoms with Crippen molar-refractivity contribution in [1.82, 2.24) is 14.3 Å². The maximum Gasteiger partial charge on any atom is 0.270 e. The molecule has 0 radical (unpaired) electrons. The van der Waals surface area contributed by atoms with Gasteiger partial charge >= 0.3 is 0 Å². The summed E-state index contributed by atoms with van der Waals surface area (Å²) >= 11 is 0. The number of hydrogen-bond donors (Lipinski definition) is 0. The highest BCUT2D eigenvalue weighted by molar-refractivity contribution is 7.89. The molecule has 2 aromatic carbocycles. The number of hydrogen-bond acceptors (Lipinski definition) is 7. The highest BCUT2D eigenvalue weighted by Gasteiger charge is 2.30. The van der Waals surface area contributed by atoms with E-state index in [4.69, 9.17) is 0 Å². The topological polar surface area (TPSA) is 110 Å². The van der Waals surface area contributed by atoms with Gasteiger partial charge < -0.3 is 4.90 Å². The summed E-state index contributed by atoms with van der Waals surface area (Å²) in [5.74, 6) is -0.0229. The molecule has 0 atom stereocenters. The van der Waals surface area contributed by atoms with Gasteiger partial charge in [0.1, 0.15) is 18.0 Å². The second-order valence-electron chi connectivity index (χ2n) is 6.48. The first-order valence-corrected chi connectivity index (χ1v) is 10.2. The van der Waals surface area contributed by atoms with Crippen LogP contribution in [-0.2, 0) is 10.0 Å². The molecule has 1 aliphatic rings. The average molecular weight is 417 g/mol. The van der Waals surface area contributed by atoms with Crippen LogP contribution in [0.2, 0.25) is 0 Å². The summed E-state index contributed by atoms with van der Waals surface area (Å²) in [5.41, 5.74) is 0.189. The number of benzene rings is 2. The quantitative estimate of drug-likeness (QED) is 0.473. The van der Waals surface area contributed by atoms with Gasteiger partial charge in [-0.1, -0.05) is 12.1 Å². The summed E-state index contributed by atoms with van der Waals surface area (Å²) < 4.78 is 41.3. The minimum atomic E-state index is -3.88. The Morgan fingerprint density at radius 3 is 2.48 bits per heavy atom. The first kappa shape index (κ1) is 19.2. The molecule has 1 aromatic heterocycles. The number of piperazine rings is 1. The molecule has 1 saturated heterocycles. The Labute approximate surface area is 165 Å². The lowest BCUT2D eigenvalue weighted by atomic mass is 10.2. The second kappa shape index (κ2) is 7.33. The molecule has 0 N–H and O–H groups in total. The van der Waals surface area contributed by atoms with E-state index in [9.17, 15) is 22.9 Å². The molecule has 0 aliphatic carbocycles. The van der Waals surface area contributed by atoms with E-state index in [1.807, 2.05) is 4.90 Å². The second-order valence-corrected chi connectivity index (χ2v) is 8.41. The first-order valence-electron chi connectivity index (χ1n) is 8.77. The molecule has 1 fully saturated rings. The van der Waals surface area contributed by atoms with Gasteiger partial charge in [0.25, 0.3) is 5.69 Å². The van der Waals surface area contributed by atoms with E-state index in [0.29, 0.717) is 29.8 Å². The molecule has 0 bridgehead atoms. The smallest absolute Gasteiger partial charge is 0.270 e. The summed E-state index contributed by atoms with van der Waals surface area (Å²) in [4.78, 5) is 20.3. The van der Waals surface area contributed by atoms with Gasteiger partial charge in [-0.15, -0.1) is 0 Å². The van der Waals surface area contributed by atoms with Crippen LogP contribution in [0.1, 0.15) is 0 Å². The Kier molecular flexibility index (Phi) is 4.84. The van der Waals surface area contributed by atoms with E-state index in [1.165, 1.54) is 34.9 Å². The van der Waals surface area contributed by atoms with Crippen LogP contribution in [0, 0.1) is 15.9 Å². The van der Waals surface area contributed by atoms with Crippen molar-refractivity contribution >= 4 is 32.4 Å². The minimum Gasteiger partial charge on any atom is -0.353 e. The van der Waals surface area contributed by atoms with Crippen LogP contribution in [-0.4, -0.2) is 53.8 Å². The molecular formula is C18H16FN5O4S. The lowest BCUT2D eigenvalue weighted by molar-refractivity contribution is -0.385. The van der Waals surface area contributed by atoms with Gasteiger partial charge in [0.05, 0.1) is 20.7 Å². The third kappa shape index (κ3) is 3.49. The zero-order chi connectivity index (χ0) is 20.6. The van der Waals surface area contributed by atoms with Crippen molar-refractivity contribution in [3.63, 3.8) is 0 Å². The Morgan fingerprint density at radius 2 is 1.76 bits per heavy atom. The SMILES string of the molecule is O=[N+]([O-])c1cccc(S(=O)(=O)N2CCN(c3ncnc4cccc(F)c34)CC2)c1. The molecule has 2 heterocycles. The van der Waals surface area contributed by atoms with Crippen molar-refractivity contribution in [3.05, 3.63) is 64.7 Å². The molecule has 0 unspecified atom stereocenters. The average Bonchev–Trinajstić information content (AvgIpc) is 2.74. The molecule has 150 valence electrons. The molecule has 3 aromatic rings. The van der Waals surface area contributed by atoms with Crippen LogP contribution < -0.4 is 4.90 Å². The van der Waals surface area contributed by atoms with Crippen molar-refractivity contribution in [1.29, 1.82) is 0 Å². The monoisotopic (exact) mass is 417 g/mol. The van der Waals surface area contributed by atoms with Crippen molar-refractivity contribution in [2.45, 2.75) is 4.90 Å². The standard InChI is InChI=1S/C18H16FN5O4S/c19-15-5-2-6-16-17(15)18(21-12-20-16)22-7-9-23(10-8-22)29(27,28)14-4-1-3-13(11-14)24(25)26/h1-6,11-12H,7-10H2. The predicted molar refractivity (Wildman–Crippen MR) is 104 cm³/mol. The summed E-state index contributed by atoms with van der Waals surface area (Å²) in [6.45, 7) is 0.888. The number of sulfonamides is 1. The predicted octanol–water partition coefficient (Wildman–Crippen LogP) is 2.19. The molecule has 1 aliphatic heterocycles. The largest absolute Gasteiger partial charge is 0.353 e. The third-order valence-corrected chi connectivity index (χ3v) is 6.69. The van der Waals surface area contributed by atoms with Crippen LogP contribution in [0.5, 0.6) is 0 Å². The number of nitrogens with zero attached hydrogens (tertiary/aromatic N) is 5. The Balaban J connectivity index is 1.57. The van der Waals surface area contributed by atoms with Crippen molar-refractivity contribution in [2.75, 3.05) is 31.1 Å². The fraction of sp³-hybridized carbons (Fsp3) is 0.222. The normalized spacial score (nSPS) is 15.6. The van der Waals surface area contributed by atoms with Gasteiger partial charge in [-0.2, -0.15) is 4.31 Å². The van der Waals surface area contributed by atoms with Gasteiger partial charge in [0, 0.05) is 38.3 Å². The molecule has 4 rings (SSSR count). The van der Waals surface area contributed by atoms with E-state index in [2.05, 4.69) is 9.97 Å². The lowest BCUT2D eigenvalue weighted by Gasteiger charge is -2.35. The van der Waals surface area contributed by atoms with Crippen molar-refractivity contribution in [2.24, 2.45) is 0 Å². The Morgan fingerprint density at radius 1 is 1.03 bits per heavy atom. The van der Waals surface area contributed by atoms with Crippen molar-refractivity contribution in [3.8, 4) is 0 Å². The van der Waals surface area contributed by atoms with Gasteiger partial charge in [-0.25, -0.2) is 22.8 Å². The summed E-state index contributed by atoms with van der Waals surface area (Å²) in [5, 5.41) is 11.2. The van der Waals surface area contributed by atoms with Gasteiger partial charge in [-0.3, -0.25) is 10.1 Å². The maximum atomic E-state index is 14.3.